The molecule has 0 saturated heterocycles. The number of nitrogen functional groups attached to an aromatic ring is 1. The minimum atomic E-state index is -0.633. The molecule has 9 heteroatoms. The van der Waals surface area contributed by atoms with E-state index in [4.69, 9.17) is 5.84 Å². The molecule has 2 rings (SSSR count). The second kappa shape index (κ2) is 6.66. The van der Waals surface area contributed by atoms with Crippen LogP contribution in [-0.4, -0.2) is 10.8 Å². The van der Waals surface area contributed by atoms with Crippen molar-refractivity contribution >= 4 is 44.5 Å². The maximum Gasteiger partial charge on any atom is 0.306 e. The third-order valence-electron chi connectivity index (χ3n) is 2.67. The van der Waals surface area contributed by atoms with Gasteiger partial charge in [-0.25, -0.2) is 0 Å². The normalized spacial score (nSPS) is 10.2. The number of halogens is 1. The Morgan fingerprint density at radius 2 is 2.14 bits per heavy atom. The number of anilines is 1. The van der Waals surface area contributed by atoms with Gasteiger partial charge in [0, 0.05) is 4.88 Å². The summed E-state index contributed by atoms with van der Waals surface area (Å²) in [6.45, 7) is 0.298. The number of thiophene rings is 1. The summed E-state index contributed by atoms with van der Waals surface area (Å²) in [5, 5.41) is 13.8. The number of rotatable bonds is 5. The summed E-state index contributed by atoms with van der Waals surface area (Å²) in [6.07, 6.45) is 0. The molecule has 1 aromatic heterocycles. The van der Waals surface area contributed by atoms with Crippen LogP contribution < -0.4 is 16.6 Å². The number of amides is 1. The van der Waals surface area contributed by atoms with Crippen molar-refractivity contribution in [3.05, 3.63) is 54.7 Å². The smallest absolute Gasteiger partial charge is 0.306 e. The monoisotopic (exact) mass is 370 g/mol. The summed E-state index contributed by atoms with van der Waals surface area (Å²) in [4.78, 5) is 23.5. The van der Waals surface area contributed by atoms with E-state index in [1.807, 2.05) is 12.1 Å². The lowest BCUT2D eigenvalue weighted by molar-refractivity contribution is -0.384. The number of para-hydroxylation sites is 1. The highest BCUT2D eigenvalue weighted by molar-refractivity contribution is 9.11. The van der Waals surface area contributed by atoms with Crippen LogP contribution in [-0.2, 0) is 6.54 Å². The number of carbonyl (C=O) groups excluding carboxylic acids is 1. The second-order valence-electron chi connectivity index (χ2n) is 3.99. The van der Waals surface area contributed by atoms with Gasteiger partial charge in [0.15, 0.2) is 0 Å². The van der Waals surface area contributed by atoms with Gasteiger partial charge in [-0.15, -0.1) is 11.3 Å². The van der Waals surface area contributed by atoms with Gasteiger partial charge in [-0.05, 0) is 40.2 Å². The first-order valence-electron chi connectivity index (χ1n) is 5.79. The van der Waals surface area contributed by atoms with Crippen molar-refractivity contribution in [1.29, 1.82) is 0 Å². The SMILES string of the molecule is NNc1cccc(C(=O)NCc2ccc(Br)s2)c1[N+](=O)[O-]. The number of nitrogens with zero attached hydrogens (tertiary/aromatic N) is 1. The highest BCUT2D eigenvalue weighted by Gasteiger charge is 2.23. The minimum Gasteiger partial charge on any atom is -0.347 e. The maximum atomic E-state index is 12.1. The lowest BCUT2D eigenvalue weighted by Crippen LogP contribution is -2.24. The van der Waals surface area contributed by atoms with Crippen molar-refractivity contribution in [2.24, 2.45) is 5.84 Å². The first kappa shape index (κ1) is 15.4. The average Bonchev–Trinajstić information content (AvgIpc) is 2.89. The molecule has 1 heterocycles. The molecule has 2 aromatic rings. The number of nitro groups is 1. The molecule has 0 spiro atoms. The number of benzene rings is 1. The number of carbonyl (C=O) groups is 1. The van der Waals surface area contributed by atoms with Gasteiger partial charge < -0.3 is 10.7 Å². The number of nitrogens with two attached hydrogens (primary N) is 1. The maximum absolute atomic E-state index is 12.1. The van der Waals surface area contributed by atoms with E-state index in [-0.39, 0.29) is 16.9 Å². The third-order valence-corrected chi connectivity index (χ3v) is 4.29. The Kier molecular flexibility index (Phi) is 4.89. The summed E-state index contributed by atoms with van der Waals surface area (Å²) in [7, 11) is 0. The number of nitro benzene ring substituents is 1. The zero-order chi connectivity index (χ0) is 15.4. The summed E-state index contributed by atoms with van der Waals surface area (Å²) >= 11 is 4.81. The van der Waals surface area contributed by atoms with Gasteiger partial charge in [-0.3, -0.25) is 20.8 Å². The first-order valence-corrected chi connectivity index (χ1v) is 7.40. The quantitative estimate of drug-likeness (QED) is 0.425. The first-order chi connectivity index (χ1) is 10.0. The predicted octanol–water partition coefficient (Wildman–Crippen LogP) is 2.63. The number of hydrogen-bond acceptors (Lipinski definition) is 6. The van der Waals surface area contributed by atoms with Gasteiger partial charge in [0.05, 0.1) is 15.3 Å². The fourth-order valence-electron chi connectivity index (χ4n) is 1.75. The van der Waals surface area contributed by atoms with Crippen molar-refractivity contribution in [2.45, 2.75) is 6.54 Å². The van der Waals surface area contributed by atoms with Gasteiger partial charge in [0.25, 0.3) is 5.91 Å². The van der Waals surface area contributed by atoms with Crippen LogP contribution in [0.4, 0.5) is 11.4 Å². The fourth-order valence-corrected chi connectivity index (χ4v) is 3.17. The molecule has 1 amide bonds. The van der Waals surface area contributed by atoms with E-state index in [1.165, 1.54) is 29.5 Å². The molecule has 0 atom stereocenters. The molecule has 1 aromatic carbocycles. The van der Waals surface area contributed by atoms with Crippen molar-refractivity contribution in [3.8, 4) is 0 Å². The Morgan fingerprint density at radius 1 is 1.38 bits per heavy atom. The Labute approximate surface area is 132 Å². The van der Waals surface area contributed by atoms with Crippen molar-refractivity contribution in [2.75, 3.05) is 5.43 Å². The van der Waals surface area contributed by atoms with E-state index in [1.54, 1.807) is 0 Å². The summed E-state index contributed by atoms with van der Waals surface area (Å²) in [6, 6.07) is 8.08. The summed E-state index contributed by atoms with van der Waals surface area (Å²) in [5.41, 5.74) is 1.93. The van der Waals surface area contributed by atoms with Crippen molar-refractivity contribution in [3.63, 3.8) is 0 Å². The number of hydrazine groups is 1. The van der Waals surface area contributed by atoms with Crippen LogP contribution in [0.15, 0.2) is 34.1 Å². The Balaban J connectivity index is 2.20. The predicted molar refractivity (Wildman–Crippen MR) is 84.1 cm³/mol. The highest BCUT2D eigenvalue weighted by atomic mass is 79.9. The van der Waals surface area contributed by atoms with Gasteiger partial charge >= 0.3 is 5.69 Å². The van der Waals surface area contributed by atoms with Crippen LogP contribution in [0.25, 0.3) is 0 Å². The van der Waals surface area contributed by atoms with Gasteiger partial charge in [-0.1, -0.05) is 6.07 Å². The molecule has 4 N–H and O–H groups in total. The van der Waals surface area contributed by atoms with Crippen LogP contribution in [0, 0.1) is 10.1 Å². The molecule has 110 valence electrons. The van der Waals surface area contributed by atoms with Crippen LogP contribution >= 0.6 is 27.3 Å². The molecule has 0 radical (unpaired) electrons. The number of hydrogen-bond donors (Lipinski definition) is 3. The second-order valence-corrected chi connectivity index (χ2v) is 6.54. The molecule has 7 nitrogen and oxygen atoms in total. The zero-order valence-electron chi connectivity index (χ0n) is 10.6. The highest BCUT2D eigenvalue weighted by Crippen LogP contribution is 2.28. The molecule has 0 saturated carbocycles. The molecule has 21 heavy (non-hydrogen) atoms. The molecule has 0 aliphatic rings. The van der Waals surface area contributed by atoms with Crippen LogP contribution in [0.1, 0.15) is 15.2 Å². The molecule has 0 fully saturated rings. The summed E-state index contributed by atoms with van der Waals surface area (Å²) < 4.78 is 0.951. The Bertz CT molecular complexity index is 689. The van der Waals surface area contributed by atoms with E-state index >= 15 is 0 Å². The van der Waals surface area contributed by atoms with Gasteiger partial charge in [0.1, 0.15) is 11.3 Å². The molecule has 0 unspecified atom stereocenters. The fraction of sp³-hybridized carbons (Fsp3) is 0.0833. The lowest BCUT2D eigenvalue weighted by Gasteiger charge is -2.07. The van der Waals surface area contributed by atoms with Crippen molar-refractivity contribution in [1.82, 2.24) is 5.32 Å². The molecule has 0 aliphatic heterocycles. The van der Waals surface area contributed by atoms with Crippen LogP contribution in [0.5, 0.6) is 0 Å². The Morgan fingerprint density at radius 3 is 2.71 bits per heavy atom. The standard InChI is InChI=1S/C12H11BrN4O3S/c13-10-5-4-7(21-10)6-15-12(18)8-2-1-3-9(16-14)11(8)17(19)20/h1-5,16H,6,14H2,(H,15,18). The van der Waals surface area contributed by atoms with Gasteiger partial charge in [0.2, 0.25) is 0 Å². The van der Waals surface area contributed by atoms with Crippen LogP contribution in [0.2, 0.25) is 0 Å². The third kappa shape index (κ3) is 3.57. The van der Waals surface area contributed by atoms with Crippen molar-refractivity contribution < 1.29 is 9.72 Å². The largest absolute Gasteiger partial charge is 0.347 e. The van der Waals surface area contributed by atoms with E-state index < -0.39 is 10.8 Å². The molecular weight excluding hydrogens is 360 g/mol. The summed E-state index contributed by atoms with van der Waals surface area (Å²) in [5.74, 6) is 4.71. The van der Waals surface area contributed by atoms with E-state index in [9.17, 15) is 14.9 Å². The van der Waals surface area contributed by atoms with E-state index in [0.717, 1.165) is 8.66 Å². The lowest BCUT2D eigenvalue weighted by atomic mass is 10.1. The van der Waals surface area contributed by atoms with E-state index in [0.29, 0.717) is 6.54 Å². The van der Waals surface area contributed by atoms with E-state index in [2.05, 4.69) is 26.7 Å². The zero-order valence-corrected chi connectivity index (χ0v) is 13.0. The molecule has 0 bridgehead atoms. The Hall–Kier alpha value is -1.97. The average molecular weight is 371 g/mol. The van der Waals surface area contributed by atoms with Gasteiger partial charge in [-0.2, -0.15) is 0 Å². The minimum absolute atomic E-state index is 0.0360. The topological polar surface area (TPSA) is 110 Å². The molecule has 0 aliphatic carbocycles. The molecular formula is C12H11BrN4O3S. The van der Waals surface area contributed by atoms with Crippen LogP contribution in [0.3, 0.4) is 0 Å². The number of nitrogens with one attached hydrogen (secondary N) is 2.